The largest absolute Gasteiger partial charge is 0.416 e. The van der Waals surface area contributed by atoms with E-state index in [4.69, 9.17) is 38.5 Å². The fourth-order valence-electron chi connectivity index (χ4n) is 0.804. The summed E-state index contributed by atoms with van der Waals surface area (Å²) in [5.41, 5.74) is 0. The van der Waals surface area contributed by atoms with Crippen molar-refractivity contribution in [1.82, 2.24) is 0 Å². The third-order valence-corrected chi connectivity index (χ3v) is 8.94. The van der Waals surface area contributed by atoms with Crippen molar-refractivity contribution in [3.8, 4) is 0 Å². The van der Waals surface area contributed by atoms with E-state index in [1.165, 1.54) is 0 Å². The van der Waals surface area contributed by atoms with Gasteiger partial charge in [0.1, 0.15) is 0 Å². The smallest absolute Gasteiger partial charge is 0.252 e. The minimum absolute atomic E-state index is 0.278. The van der Waals surface area contributed by atoms with Crippen LogP contribution in [0.3, 0.4) is 0 Å². The SMILES string of the molecule is C[Si](C)(CP(=O)(Cl)Cl)OCCCl. The van der Waals surface area contributed by atoms with E-state index in [0.29, 0.717) is 12.5 Å². The van der Waals surface area contributed by atoms with Crippen LogP contribution in [-0.4, -0.2) is 26.6 Å². The van der Waals surface area contributed by atoms with Crippen molar-refractivity contribution in [2.45, 2.75) is 13.1 Å². The molecule has 0 aromatic rings. The van der Waals surface area contributed by atoms with Crippen molar-refractivity contribution in [3.63, 3.8) is 0 Å². The fraction of sp³-hybridized carbons (Fsp3) is 1.00. The van der Waals surface area contributed by atoms with E-state index in [2.05, 4.69) is 0 Å². The zero-order valence-corrected chi connectivity index (χ0v) is 11.2. The van der Waals surface area contributed by atoms with E-state index in [9.17, 15) is 4.57 Å². The lowest BCUT2D eigenvalue weighted by molar-refractivity contribution is 0.336. The van der Waals surface area contributed by atoms with Crippen molar-refractivity contribution in [1.29, 1.82) is 0 Å². The van der Waals surface area contributed by atoms with Gasteiger partial charge in [0.15, 0.2) is 8.32 Å². The zero-order valence-electron chi connectivity index (χ0n) is 7.02. The van der Waals surface area contributed by atoms with Gasteiger partial charge in [-0.15, -0.1) is 11.6 Å². The van der Waals surface area contributed by atoms with Crippen molar-refractivity contribution >= 4 is 48.2 Å². The zero-order chi connectivity index (χ0) is 9.83. The maximum atomic E-state index is 11.0. The summed E-state index contributed by atoms with van der Waals surface area (Å²) >= 11 is 16.3. The standard InChI is InChI=1S/C5H12Cl3O2PSi/c1-12(2,10-4-3-6)5-11(7,8)9/h3-5H2,1-2H3. The van der Waals surface area contributed by atoms with Crippen LogP contribution in [0.25, 0.3) is 0 Å². The van der Waals surface area contributed by atoms with Gasteiger partial charge < -0.3 is 4.43 Å². The number of hydrogen-bond donors (Lipinski definition) is 0. The Morgan fingerprint density at radius 2 is 1.92 bits per heavy atom. The summed E-state index contributed by atoms with van der Waals surface area (Å²) in [6, 6.07) is 0. The van der Waals surface area contributed by atoms with Crippen LogP contribution < -0.4 is 0 Å². The summed E-state index contributed by atoms with van der Waals surface area (Å²) < 4.78 is 16.5. The molecule has 12 heavy (non-hydrogen) atoms. The van der Waals surface area contributed by atoms with Crippen molar-refractivity contribution < 1.29 is 8.99 Å². The topological polar surface area (TPSA) is 26.3 Å². The molecule has 0 unspecified atom stereocenters. The molecule has 0 aliphatic heterocycles. The molecule has 0 aromatic heterocycles. The maximum Gasteiger partial charge on any atom is 0.252 e. The van der Waals surface area contributed by atoms with Gasteiger partial charge in [0.25, 0.3) is 5.85 Å². The summed E-state index contributed by atoms with van der Waals surface area (Å²) in [6.45, 7) is 4.29. The molecule has 0 saturated heterocycles. The molecule has 0 rings (SSSR count). The predicted octanol–water partition coefficient (Wildman–Crippen LogP) is 3.66. The molecule has 0 radical (unpaired) electrons. The first-order valence-corrected chi connectivity index (χ1v) is 10.8. The minimum Gasteiger partial charge on any atom is -0.416 e. The van der Waals surface area contributed by atoms with E-state index in [0.717, 1.165) is 0 Å². The van der Waals surface area contributed by atoms with Gasteiger partial charge in [-0.1, -0.05) is 0 Å². The highest BCUT2D eigenvalue weighted by Crippen LogP contribution is 2.57. The lowest BCUT2D eigenvalue weighted by Gasteiger charge is -2.22. The molecule has 0 spiro atoms. The quantitative estimate of drug-likeness (QED) is 0.432. The van der Waals surface area contributed by atoms with Gasteiger partial charge in [0, 0.05) is 18.3 Å². The Labute approximate surface area is 88.6 Å². The summed E-state index contributed by atoms with van der Waals surface area (Å²) in [6.07, 6.45) is 0. The van der Waals surface area contributed by atoms with E-state index in [-0.39, 0.29) is 5.79 Å². The Bertz CT molecular complexity index is 182. The van der Waals surface area contributed by atoms with Crippen LogP contribution in [0.5, 0.6) is 0 Å². The van der Waals surface area contributed by atoms with Crippen molar-refractivity contribution in [3.05, 3.63) is 0 Å². The molecule has 0 aromatic carbocycles. The van der Waals surface area contributed by atoms with Crippen LogP contribution >= 0.6 is 39.9 Å². The summed E-state index contributed by atoms with van der Waals surface area (Å²) in [4.78, 5) is 0. The monoisotopic (exact) mass is 268 g/mol. The van der Waals surface area contributed by atoms with E-state index >= 15 is 0 Å². The van der Waals surface area contributed by atoms with E-state index in [1.54, 1.807) is 0 Å². The summed E-state index contributed by atoms with van der Waals surface area (Å²) in [5.74, 6) is -2.28. The third kappa shape index (κ3) is 7.90. The lowest BCUT2D eigenvalue weighted by atomic mass is 10.9. The lowest BCUT2D eigenvalue weighted by Crippen LogP contribution is -2.35. The van der Waals surface area contributed by atoms with Crippen LogP contribution in [0.15, 0.2) is 0 Å². The van der Waals surface area contributed by atoms with E-state index < -0.39 is 14.2 Å². The highest BCUT2D eigenvalue weighted by atomic mass is 35.9. The first kappa shape index (κ1) is 13.3. The highest BCUT2D eigenvalue weighted by Gasteiger charge is 2.31. The highest BCUT2D eigenvalue weighted by molar-refractivity contribution is 8.09. The number of halogens is 3. The summed E-state index contributed by atoms with van der Waals surface area (Å²) in [5, 5.41) is 0. The van der Waals surface area contributed by atoms with Crippen LogP contribution in [0.2, 0.25) is 13.1 Å². The van der Waals surface area contributed by atoms with Gasteiger partial charge in [0.2, 0.25) is 0 Å². The average molecular weight is 270 g/mol. The number of hydrogen-bond acceptors (Lipinski definition) is 2. The van der Waals surface area contributed by atoms with Gasteiger partial charge in [-0.25, -0.2) is 0 Å². The van der Waals surface area contributed by atoms with Crippen LogP contribution in [0, 0.1) is 0 Å². The first-order chi connectivity index (χ1) is 5.27. The molecular weight excluding hydrogens is 257 g/mol. The number of alkyl halides is 1. The van der Waals surface area contributed by atoms with Crippen molar-refractivity contribution in [2.75, 3.05) is 18.3 Å². The predicted molar refractivity (Wildman–Crippen MR) is 58.3 cm³/mol. The van der Waals surface area contributed by atoms with Gasteiger partial charge >= 0.3 is 0 Å². The molecule has 0 bridgehead atoms. The van der Waals surface area contributed by atoms with Gasteiger partial charge in [-0.2, -0.15) is 0 Å². The Morgan fingerprint density at radius 3 is 2.25 bits per heavy atom. The van der Waals surface area contributed by atoms with Crippen LogP contribution in [-0.2, 0) is 8.99 Å². The van der Waals surface area contributed by atoms with Gasteiger partial charge in [-0.05, 0) is 35.6 Å². The molecular formula is C5H12Cl3O2PSi. The Balaban J connectivity index is 3.95. The molecule has 0 amide bonds. The second kappa shape index (κ2) is 5.23. The van der Waals surface area contributed by atoms with Crippen LogP contribution in [0.4, 0.5) is 0 Å². The Morgan fingerprint density at radius 1 is 1.42 bits per heavy atom. The second-order valence-electron chi connectivity index (χ2n) is 3.03. The third-order valence-electron chi connectivity index (χ3n) is 1.13. The van der Waals surface area contributed by atoms with Crippen LogP contribution in [0.1, 0.15) is 0 Å². The normalized spacial score (nSPS) is 13.4. The molecule has 0 aliphatic carbocycles. The number of rotatable bonds is 5. The van der Waals surface area contributed by atoms with Gasteiger partial charge in [0.05, 0.1) is 0 Å². The molecule has 2 nitrogen and oxygen atoms in total. The molecule has 0 heterocycles. The fourth-order valence-corrected chi connectivity index (χ4v) is 10.8. The van der Waals surface area contributed by atoms with Gasteiger partial charge in [-0.3, -0.25) is 4.57 Å². The molecule has 0 saturated carbocycles. The molecule has 0 fully saturated rings. The first-order valence-electron chi connectivity index (χ1n) is 3.45. The molecule has 0 atom stereocenters. The molecule has 0 N–H and O–H groups in total. The Hall–Kier alpha value is 1.28. The Kier molecular flexibility index (Phi) is 5.79. The maximum absolute atomic E-state index is 11.0. The van der Waals surface area contributed by atoms with E-state index in [1.807, 2.05) is 13.1 Å². The average Bonchev–Trinajstić information content (AvgIpc) is 1.78. The molecule has 0 aliphatic rings. The minimum atomic E-state index is -2.99. The summed E-state index contributed by atoms with van der Waals surface area (Å²) in [7, 11) is -1.97. The molecule has 7 heteroatoms. The second-order valence-corrected chi connectivity index (χ2v) is 13.4. The van der Waals surface area contributed by atoms with Crippen molar-refractivity contribution in [2.24, 2.45) is 0 Å². The molecule has 74 valence electrons.